The maximum Gasteiger partial charge on any atom is 0.289 e. The van der Waals surface area contributed by atoms with Gasteiger partial charge in [-0.25, -0.2) is 8.42 Å². The van der Waals surface area contributed by atoms with E-state index in [9.17, 15) is 13.2 Å². The zero-order valence-electron chi connectivity index (χ0n) is 9.47. The number of amides is 1. The van der Waals surface area contributed by atoms with E-state index in [1.165, 1.54) is 0 Å². The molecule has 0 bridgehead atoms. The molecule has 0 spiro atoms. The summed E-state index contributed by atoms with van der Waals surface area (Å²) in [7, 11) is -2.89. The molecule has 94 valence electrons. The van der Waals surface area contributed by atoms with Crippen molar-refractivity contribution in [3.05, 3.63) is 17.5 Å². The van der Waals surface area contributed by atoms with Gasteiger partial charge in [0.25, 0.3) is 5.91 Å². The van der Waals surface area contributed by atoms with Gasteiger partial charge in [-0.05, 0) is 19.3 Å². The van der Waals surface area contributed by atoms with Crippen molar-refractivity contribution in [1.82, 2.24) is 10.5 Å². The standard InChI is InChI=1S/C10H14N2O4S/c1-7-4-9(16-12-7)10(13)11-5-8-2-3-17(14,15)6-8/h4,8H,2-3,5-6H2,1H3,(H,11,13). The third kappa shape index (κ3) is 3.06. The van der Waals surface area contributed by atoms with Gasteiger partial charge in [0.1, 0.15) is 0 Å². The normalized spacial score (nSPS) is 22.5. The Hall–Kier alpha value is -1.37. The molecule has 0 saturated carbocycles. The SMILES string of the molecule is Cc1cc(C(=O)NCC2CCS(=O)(=O)C2)on1. The van der Waals surface area contributed by atoms with Gasteiger partial charge in [-0.3, -0.25) is 4.79 Å². The van der Waals surface area contributed by atoms with Crippen LogP contribution < -0.4 is 5.32 Å². The first-order chi connectivity index (χ1) is 7.96. The number of nitrogens with zero attached hydrogens (tertiary/aromatic N) is 1. The van der Waals surface area contributed by atoms with Crippen LogP contribution in [0.15, 0.2) is 10.6 Å². The lowest BCUT2D eigenvalue weighted by Gasteiger charge is -2.07. The molecule has 2 rings (SSSR count). The predicted molar refractivity (Wildman–Crippen MR) is 60.3 cm³/mol. The zero-order valence-corrected chi connectivity index (χ0v) is 10.3. The van der Waals surface area contributed by atoms with Crippen molar-refractivity contribution in [1.29, 1.82) is 0 Å². The van der Waals surface area contributed by atoms with Gasteiger partial charge >= 0.3 is 0 Å². The third-order valence-electron chi connectivity index (χ3n) is 2.73. The van der Waals surface area contributed by atoms with Crippen molar-refractivity contribution in [2.24, 2.45) is 5.92 Å². The van der Waals surface area contributed by atoms with Gasteiger partial charge in [0.05, 0.1) is 17.2 Å². The number of aryl methyl sites for hydroxylation is 1. The molecule has 1 amide bonds. The minimum absolute atomic E-state index is 0.00738. The molecule has 0 aliphatic carbocycles. The van der Waals surface area contributed by atoms with Gasteiger partial charge < -0.3 is 9.84 Å². The first kappa shape index (κ1) is 12.1. The highest BCUT2D eigenvalue weighted by Crippen LogP contribution is 2.17. The van der Waals surface area contributed by atoms with E-state index in [1.807, 2.05) is 0 Å². The van der Waals surface area contributed by atoms with Crippen molar-refractivity contribution in [2.45, 2.75) is 13.3 Å². The van der Waals surface area contributed by atoms with Gasteiger partial charge in [0.15, 0.2) is 9.84 Å². The Labute approximate surface area is 99.3 Å². The molecule has 0 radical (unpaired) electrons. The molecule has 1 atom stereocenters. The summed E-state index contributed by atoms with van der Waals surface area (Å²) in [4.78, 5) is 11.6. The predicted octanol–water partition coefficient (Wildman–Crippen LogP) is 0.148. The van der Waals surface area contributed by atoms with Crippen LogP contribution >= 0.6 is 0 Å². The maximum absolute atomic E-state index is 11.6. The molecule has 1 N–H and O–H groups in total. The summed E-state index contributed by atoms with van der Waals surface area (Å²) in [5.74, 6) is 0.184. The summed E-state index contributed by atoms with van der Waals surface area (Å²) >= 11 is 0. The Bertz CT molecular complexity index is 520. The lowest BCUT2D eigenvalue weighted by molar-refractivity contribution is 0.0911. The average Bonchev–Trinajstić information content (AvgIpc) is 2.81. The van der Waals surface area contributed by atoms with Crippen LogP contribution in [0, 0.1) is 12.8 Å². The van der Waals surface area contributed by atoms with E-state index in [4.69, 9.17) is 4.52 Å². The summed E-state index contributed by atoms with van der Waals surface area (Å²) in [5.41, 5.74) is 0.638. The van der Waals surface area contributed by atoms with Crippen molar-refractivity contribution in [3.8, 4) is 0 Å². The summed E-state index contributed by atoms with van der Waals surface area (Å²) in [5, 5.41) is 6.26. The molecule has 1 saturated heterocycles. The number of sulfone groups is 1. The quantitative estimate of drug-likeness (QED) is 0.833. The van der Waals surface area contributed by atoms with Crippen molar-refractivity contribution >= 4 is 15.7 Å². The van der Waals surface area contributed by atoms with Crippen molar-refractivity contribution < 1.29 is 17.7 Å². The Kier molecular flexibility index (Phi) is 3.19. The first-order valence-corrected chi connectivity index (χ1v) is 7.20. The monoisotopic (exact) mass is 258 g/mol. The number of hydrogen-bond donors (Lipinski definition) is 1. The number of hydrogen-bond acceptors (Lipinski definition) is 5. The highest BCUT2D eigenvalue weighted by molar-refractivity contribution is 7.91. The van der Waals surface area contributed by atoms with E-state index < -0.39 is 9.84 Å². The number of rotatable bonds is 3. The van der Waals surface area contributed by atoms with Crippen LogP contribution in [0.25, 0.3) is 0 Å². The maximum atomic E-state index is 11.6. The molecule has 1 fully saturated rings. The van der Waals surface area contributed by atoms with Crippen LogP contribution in [0.5, 0.6) is 0 Å². The molecule has 17 heavy (non-hydrogen) atoms. The Morgan fingerprint density at radius 2 is 2.41 bits per heavy atom. The molecule has 1 aromatic rings. The summed E-state index contributed by atoms with van der Waals surface area (Å²) < 4.78 is 27.2. The van der Waals surface area contributed by atoms with Crippen LogP contribution in [0.2, 0.25) is 0 Å². The fraction of sp³-hybridized carbons (Fsp3) is 0.600. The molecule has 1 unspecified atom stereocenters. The molecule has 2 heterocycles. The highest BCUT2D eigenvalue weighted by Gasteiger charge is 2.28. The second-order valence-corrected chi connectivity index (χ2v) is 6.54. The van der Waals surface area contributed by atoms with Crippen molar-refractivity contribution in [2.75, 3.05) is 18.1 Å². The highest BCUT2D eigenvalue weighted by atomic mass is 32.2. The van der Waals surface area contributed by atoms with Crippen LogP contribution in [-0.2, 0) is 9.84 Å². The van der Waals surface area contributed by atoms with E-state index in [0.29, 0.717) is 18.7 Å². The largest absolute Gasteiger partial charge is 0.351 e. The molecular weight excluding hydrogens is 244 g/mol. The van der Waals surface area contributed by atoms with Gasteiger partial charge in [-0.2, -0.15) is 0 Å². The van der Waals surface area contributed by atoms with E-state index in [0.717, 1.165) is 0 Å². The van der Waals surface area contributed by atoms with Crippen LogP contribution in [0.1, 0.15) is 22.7 Å². The van der Waals surface area contributed by atoms with E-state index in [-0.39, 0.29) is 29.1 Å². The van der Waals surface area contributed by atoms with Crippen LogP contribution in [-0.4, -0.2) is 37.5 Å². The fourth-order valence-electron chi connectivity index (χ4n) is 1.83. The summed E-state index contributed by atoms with van der Waals surface area (Å²) in [6.07, 6.45) is 0.609. The van der Waals surface area contributed by atoms with Crippen LogP contribution in [0.4, 0.5) is 0 Å². The molecule has 1 aliphatic rings. The molecule has 1 aliphatic heterocycles. The van der Waals surface area contributed by atoms with Gasteiger partial charge in [0.2, 0.25) is 5.76 Å². The number of nitrogens with one attached hydrogen (secondary N) is 1. The number of carbonyl (C=O) groups is 1. The third-order valence-corrected chi connectivity index (χ3v) is 4.57. The Morgan fingerprint density at radius 3 is 2.94 bits per heavy atom. The van der Waals surface area contributed by atoms with E-state index in [2.05, 4.69) is 10.5 Å². The zero-order chi connectivity index (χ0) is 12.5. The first-order valence-electron chi connectivity index (χ1n) is 5.38. The topological polar surface area (TPSA) is 89.3 Å². The summed E-state index contributed by atoms with van der Waals surface area (Å²) in [6, 6.07) is 1.54. The Morgan fingerprint density at radius 1 is 1.65 bits per heavy atom. The smallest absolute Gasteiger partial charge is 0.289 e. The fourth-order valence-corrected chi connectivity index (χ4v) is 3.69. The minimum Gasteiger partial charge on any atom is -0.351 e. The average molecular weight is 258 g/mol. The Balaban J connectivity index is 1.85. The van der Waals surface area contributed by atoms with E-state index in [1.54, 1.807) is 13.0 Å². The lowest BCUT2D eigenvalue weighted by atomic mass is 10.1. The van der Waals surface area contributed by atoms with Gasteiger partial charge in [0, 0.05) is 12.6 Å². The molecular formula is C10H14N2O4S. The molecule has 0 aromatic carbocycles. The van der Waals surface area contributed by atoms with E-state index >= 15 is 0 Å². The molecule has 6 nitrogen and oxygen atoms in total. The summed E-state index contributed by atoms with van der Waals surface area (Å²) in [6.45, 7) is 2.08. The second kappa shape index (κ2) is 4.48. The molecule has 7 heteroatoms. The molecule has 1 aromatic heterocycles. The van der Waals surface area contributed by atoms with Gasteiger partial charge in [-0.15, -0.1) is 0 Å². The van der Waals surface area contributed by atoms with Gasteiger partial charge in [-0.1, -0.05) is 5.16 Å². The minimum atomic E-state index is -2.89. The van der Waals surface area contributed by atoms with Crippen LogP contribution in [0.3, 0.4) is 0 Å². The second-order valence-electron chi connectivity index (χ2n) is 4.31. The lowest BCUT2D eigenvalue weighted by Crippen LogP contribution is -2.29. The van der Waals surface area contributed by atoms with Crippen molar-refractivity contribution in [3.63, 3.8) is 0 Å². The number of carbonyl (C=O) groups excluding carboxylic acids is 1. The number of aromatic nitrogens is 1.